The van der Waals surface area contributed by atoms with E-state index >= 15 is 0 Å². The number of methoxy groups -OCH3 is 1. The van der Waals surface area contributed by atoms with Gasteiger partial charge in [-0.15, -0.1) is 0 Å². The van der Waals surface area contributed by atoms with Gasteiger partial charge in [0.1, 0.15) is 11.8 Å². The van der Waals surface area contributed by atoms with Crippen molar-refractivity contribution in [3.05, 3.63) is 129 Å². The van der Waals surface area contributed by atoms with Crippen LogP contribution in [0.2, 0.25) is 10.0 Å². The third-order valence-electron chi connectivity index (χ3n) is 7.84. The predicted molar refractivity (Wildman–Crippen MR) is 188 cm³/mol. The minimum absolute atomic E-state index is 0.194. The molecule has 0 saturated carbocycles. The molecule has 46 heavy (non-hydrogen) atoms. The summed E-state index contributed by atoms with van der Waals surface area (Å²) in [6, 6.07) is 18.3. The van der Waals surface area contributed by atoms with Gasteiger partial charge in [0.2, 0.25) is 0 Å². The van der Waals surface area contributed by atoms with Crippen molar-refractivity contribution in [2.24, 2.45) is 4.99 Å². The van der Waals surface area contributed by atoms with Crippen molar-refractivity contribution in [2.75, 3.05) is 13.7 Å². The number of esters is 1. The van der Waals surface area contributed by atoms with Gasteiger partial charge in [-0.2, -0.15) is 0 Å². The molecule has 0 amide bonds. The van der Waals surface area contributed by atoms with E-state index in [4.69, 9.17) is 37.7 Å². The Morgan fingerprint density at radius 1 is 1.11 bits per heavy atom. The SMILES string of the molecule is CCCC1=C(C(=O)OCC)[C@@H](c2cc(Br)ccc2OC)n2c(s/c(=C/c3cn(Cc4ccc(Cl)cc4Cl)c4ccccc34)c2=O)=N1. The molecule has 0 unspecified atom stereocenters. The number of carbonyl (C=O) groups is 1. The Bertz CT molecular complexity index is 2200. The van der Waals surface area contributed by atoms with E-state index in [-0.39, 0.29) is 12.2 Å². The van der Waals surface area contributed by atoms with Gasteiger partial charge >= 0.3 is 5.97 Å². The zero-order chi connectivity index (χ0) is 32.5. The molecule has 3 aromatic carbocycles. The van der Waals surface area contributed by atoms with E-state index in [0.29, 0.717) is 54.9 Å². The molecular formula is C35H30BrCl2N3O4S. The van der Waals surface area contributed by atoms with Crippen LogP contribution in [0.3, 0.4) is 0 Å². The van der Waals surface area contributed by atoms with Crippen LogP contribution in [0.4, 0.5) is 0 Å². The molecule has 0 N–H and O–H groups in total. The first-order chi connectivity index (χ1) is 22.2. The maximum atomic E-state index is 14.4. The van der Waals surface area contributed by atoms with Gasteiger partial charge in [-0.25, -0.2) is 9.79 Å². The molecule has 0 radical (unpaired) electrons. The summed E-state index contributed by atoms with van der Waals surface area (Å²) in [4.78, 5) is 33.4. The number of benzene rings is 3. The second-order valence-corrected chi connectivity index (χ2v) is 13.5. The quantitative estimate of drug-likeness (QED) is 0.146. The molecule has 0 aliphatic carbocycles. The molecule has 3 heterocycles. The molecule has 1 aliphatic rings. The van der Waals surface area contributed by atoms with Crippen molar-refractivity contribution in [3.63, 3.8) is 0 Å². The van der Waals surface area contributed by atoms with Gasteiger partial charge in [0.15, 0.2) is 4.80 Å². The van der Waals surface area contributed by atoms with Gasteiger partial charge in [-0.3, -0.25) is 9.36 Å². The molecule has 5 aromatic rings. The van der Waals surface area contributed by atoms with E-state index in [9.17, 15) is 9.59 Å². The smallest absolute Gasteiger partial charge is 0.338 e. The van der Waals surface area contributed by atoms with E-state index < -0.39 is 12.0 Å². The first-order valence-corrected chi connectivity index (χ1v) is 17.2. The average molecular weight is 740 g/mol. The second-order valence-electron chi connectivity index (χ2n) is 10.8. The van der Waals surface area contributed by atoms with Crippen LogP contribution in [0, 0.1) is 0 Å². The second kappa shape index (κ2) is 13.6. The Morgan fingerprint density at radius 3 is 2.65 bits per heavy atom. The topological polar surface area (TPSA) is 74.8 Å². The standard InChI is InChI=1S/C35H30BrCl2N3O4S/c1-4-8-27-31(34(43)45-5-2)32(25-16-22(36)12-14-29(25)44-3)41-33(42)30(46-35(41)39-27)15-21-19-40(28-10-7-6-9-24(21)28)18-20-11-13-23(37)17-26(20)38/h6-7,9-17,19,32H,4-5,8,18H2,1-3H3/b30-15+/t32-/m1/s1. The van der Waals surface area contributed by atoms with Gasteiger partial charge in [-0.05, 0) is 61.4 Å². The highest BCUT2D eigenvalue weighted by Gasteiger charge is 2.36. The lowest BCUT2D eigenvalue weighted by atomic mass is 9.93. The zero-order valence-corrected chi connectivity index (χ0v) is 29.3. The fourth-order valence-corrected chi connectivity index (χ4v) is 7.69. The molecule has 1 atom stereocenters. The van der Waals surface area contributed by atoms with Crippen LogP contribution >= 0.6 is 50.5 Å². The van der Waals surface area contributed by atoms with E-state index in [1.807, 2.05) is 73.8 Å². The Balaban J connectivity index is 1.57. The molecule has 6 rings (SSSR count). The van der Waals surface area contributed by atoms with Gasteiger partial charge in [0, 0.05) is 49.3 Å². The molecular weight excluding hydrogens is 709 g/mol. The summed E-state index contributed by atoms with van der Waals surface area (Å²) in [5, 5.41) is 2.15. The van der Waals surface area contributed by atoms with Gasteiger partial charge in [0.05, 0.1) is 29.5 Å². The molecule has 0 saturated heterocycles. The molecule has 2 aromatic heterocycles. The summed E-state index contributed by atoms with van der Waals surface area (Å²) in [6.07, 6.45) is 5.23. The summed E-state index contributed by atoms with van der Waals surface area (Å²) in [6.45, 7) is 4.51. The number of fused-ring (bicyclic) bond motifs is 2. The van der Waals surface area contributed by atoms with Crippen LogP contribution in [0.5, 0.6) is 5.75 Å². The van der Waals surface area contributed by atoms with Crippen LogP contribution in [0.25, 0.3) is 17.0 Å². The van der Waals surface area contributed by atoms with Crippen LogP contribution in [-0.2, 0) is 16.1 Å². The maximum Gasteiger partial charge on any atom is 0.338 e. The monoisotopic (exact) mass is 737 g/mol. The molecule has 1 aliphatic heterocycles. The maximum absolute atomic E-state index is 14.4. The van der Waals surface area contributed by atoms with Crippen molar-refractivity contribution in [3.8, 4) is 5.75 Å². The third kappa shape index (κ3) is 6.09. The largest absolute Gasteiger partial charge is 0.496 e. The summed E-state index contributed by atoms with van der Waals surface area (Å²) in [7, 11) is 1.57. The molecule has 236 valence electrons. The number of hydrogen-bond donors (Lipinski definition) is 0. The van der Waals surface area contributed by atoms with Crippen molar-refractivity contribution in [1.82, 2.24) is 9.13 Å². The van der Waals surface area contributed by atoms with Crippen LogP contribution < -0.4 is 19.6 Å². The Hall–Kier alpha value is -3.63. The minimum atomic E-state index is -0.792. The summed E-state index contributed by atoms with van der Waals surface area (Å²) in [5.41, 5.74) is 4.15. The lowest BCUT2D eigenvalue weighted by molar-refractivity contribution is -0.139. The fraction of sp³-hybridized carbons (Fsp3) is 0.229. The van der Waals surface area contributed by atoms with Crippen LogP contribution in [0.15, 0.2) is 92.4 Å². The molecule has 0 bridgehead atoms. The van der Waals surface area contributed by atoms with Crippen molar-refractivity contribution in [1.29, 1.82) is 0 Å². The fourth-order valence-electron chi connectivity index (χ4n) is 5.83. The number of hydrogen-bond acceptors (Lipinski definition) is 6. The molecule has 7 nitrogen and oxygen atoms in total. The van der Waals surface area contributed by atoms with E-state index in [0.717, 1.165) is 32.9 Å². The highest BCUT2D eigenvalue weighted by Crippen LogP contribution is 2.38. The molecule has 0 fully saturated rings. The number of thiazole rings is 1. The van der Waals surface area contributed by atoms with Gasteiger partial charge < -0.3 is 14.0 Å². The summed E-state index contributed by atoms with van der Waals surface area (Å²) >= 11 is 17.5. The number of ether oxygens (including phenoxy) is 2. The number of nitrogens with zero attached hydrogens (tertiary/aromatic N) is 3. The zero-order valence-electron chi connectivity index (χ0n) is 25.4. The van der Waals surface area contributed by atoms with Crippen LogP contribution in [-0.4, -0.2) is 28.8 Å². The average Bonchev–Trinajstić information content (AvgIpc) is 3.54. The first-order valence-electron chi connectivity index (χ1n) is 14.8. The number of aromatic nitrogens is 2. The first kappa shape index (κ1) is 32.3. The number of para-hydroxylation sites is 1. The Labute approximate surface area is 288 Å². The number of halogens is 3. The number of allylic oxidation sites excluding steroid dienone is 1. The lowest BCUT2D eigenvalue weighted by Crippen LogP contribution is -2.40. The summed E-state index contributed by atoms with van der Waals surface area (Å²) in [5.74, 6) is 0.0474. The van der Waals surface area contributed by atoms with Gasteiger partial charge in [0.25, 0.3) is 5.56 Å². The number of carbonyl (C=O) groups excluding carboxylic acids is 1. The predicted octanol–water partition coefficient (Wildman–Crippen LogP) is 7.66. The summed E-state index contributed by atoms with van der Waals surface area (Å²) < 4.78 is 16.3. The third-order valence-corrected chi connectivity index (χ3v) is 9.90. The van der Waals surface area contributed by atoms with Gasteiger partial charge in [-0.1, -0.05) is 88.1 Å². The normalized spacial score (nSPS) is 14.8. The Kier molecular flexibility index (Phi) is 9.57. The van der Waals surface area contributed by atoms with E-state index in [1.165, 1.54) is 11.3 Å². The Morgan fingerprint density at radius 2 is 1.91 bits per heavy atom. The highest BCUT2D eigenvalue weighted by atomic mass is 79.9. The van der Waals surface area contributed by atoms with E-state index in [2.05, 4.69) is 20.5 Å². The molecule has 0 spiro atoms. The van der Waals surface area contributed by atoms with E-state index in [1.54, 1.807) is 24.7 Å². The molecule has 11 heteroatoms. The van der Waals surface area contributed by atoms with Crippen molar-refractivity contribution < 1.29 is 14.3 Å². The lowest BCUT2D eigenvalue weighted by Gasteiger charge is -2.27. The minimum Gasteiger partial charge on any atom is -0.496 e. The van der Waals surface area contributed by atoms with Crippen molar-refractivity contribution >= 4 is 73.4 Å². The number of rotatable bonds is 9. The van der Waals surface area contributed by atoms with Crippen LogP contribution in [0.1, 0.15) is 49.4 Å². The van der Waals surface area contributed by atoms with Crippen molar-refractivity contribution in [2.45, 2.75) is 39.3 Å². The highest BCUT2D eigenvalue weighted by molar-refractivity contribution is 9.10.